The zero-order valence-corrected chi connectivity index (χ0v) is 8.92. The van der Waals surface area contributed by atoms with E-state index in [-0.39, 0.29) is 5.91 Å². The first-order chi connectivity index (χ1) is 7.15. The van der Waals surface area contributed by atoms with Crippen molar-refractivity contribution in [3.05, 3.63) is 23.8 Å². The van der Waals surface area contributed by atoms with Crippen LogP contribution in [0.2, 0.25) is 0 Å². The normalized spacial score (nSPS) is 9.93. The van der Waals surface area contributed by atoms with Gasteiger partial charge in [0.1, 0.15) is 0 Å². The Hall–Kier alpha value is -1.71. The summed E-state index contributed by atoms with van der Waals surface area (Å²) in [6.45, 7) is 2.75. The lowest BCUT2D eigenvalue weighted by Gasteiger charge is -2.07. The van der Waals surface area contributed by atoms with Gasteiger partial charge in [-0.2, -0.15) is 0 Å². The van der Waals surface area contributed by atoms with Crippen molar-refractivity contribution in [3.8, 4) is 0 Å². The molecule has 1 rings (SSSR count). The van der Waals surface area contributed by atoms with E-state index in [4.69, 9.17) is 11.5 Å². The number of unbranched alkanes of at least 4 members (excludes halogenated alkanes) is 1. The molecule has 1 aromatic carbocycles. The predicted octanol–water partition coefficient (Wildman–Crippen LogP) is 1.38. The molecular weight excluding hydrogens is 190 g/mol. The molecule has 15 heavy (non-hydrogen) atoms. The summed E-state index contributed by atoms with van der Waals surface area (Å²) in [5.74, 6) is -0.138. The molecule has 0 unspecified atom stereocenters. The van der Waals surface area contributed by atoms with Gasteiger partial charge in [0.15, 0.2) is 0 Å². The highest BCUT2D eigenvalue weighted by atomic mass is 16.1. The number of nitrogens with two attached hydrogens (primary N) is 2. The number of rotatable bonds is 4. The molecule has 4 nitrogen and oxygen atoms in total. The van der Waals surface area contributed by atoms with Crippen LogP contribution >= 0.6 is 0 Å². The van der Waals surface area contributed by atoms with Gasteiger partial charge in [-0.15, -0.1) is 0 Å². The van der Waals surface area contributed by atoms with Crippen LogP contribution in [-0.2, 0) is 0 Å². The molecule has 0 aromatic heterocycles. The Labute approximate surface area is 89.6 Å². The Bertz CT molecular complexity index is 350. The molecule has 0 fully saturated rings. The smallest absolute Gasteiger partial charge is 0.253 e. The van der Waals surface area contributed by atoms with Crippen molar-refractivity contribution in [2.24, 2.45) is 0 Å². The van der Waals surface area contributed by atoms with Crippen molar-refractivity contribution in [2.75, 3.05) is 18.0 Å². The maximum absolute atomic E-state index is 11.6. The van der Waals surface area contributed by atoms with Crippen molar-refractivity contribution in [2.45, 2.75) is 19.8 Å². The minimum atomic E-state index is -0.138. The molecule has 4 heteroatoms. The maximum atomic E-state index is 11.6. The minimum Gasteiger partial charge on any atom is -0.399 e. The van der Waals surface area contributed by atoms with E-state index in [1.165, 1.54) is 0 Å². The zero-order valence-electron chi connectivity index (χ0n) is 8.92. The quantitative estimate of drug-likeness (QED) is 0.515. The second-order valence-electron chi connectivity index (χ2n) is 3.46. The topological polar surface area (TPSA) is 81.1 Å². The number of benzene rings is 1. The number of hydrogen-bond acceptors (Lipinski definition) is 3. The van der Waals surface area contributed by atoms with Crippen molar-refractivity contribution >= 4 is 17.3 Å². The van der Waals surface area contributed by atoms with Crippen LogP contribution < -0.4 is 16.8 Å². The molecule has 1 amide bonds. The van der Waals surface area contributed by atoms with Gasteiger partial charge in [-0.3, -0.25) is 4.79 Å². The minimum absolute atomic E-state index is 0.138. The van der Waals surface area contributed by atoms with E-state index < -0.39 is 0 Å². The lowest BCUT2D eigenvalue weighted by molar-refractivity contribution is 0.0954. The average molecular weight is 207 g/mol. The molecule has 0 atom stereocenters. The Morgan fingerprint density at radius 2 is 2.13 bits per heavy atom. The Kier molecular flexibility index (Phi) is 3.97. The number of anilines is 2. The van der Waals surface area contributed by atoms with Gasteiger partial charge < -0.3 is 16.8 Å². The Balaban J connectivity index is 2.65. The van der Waals surface area contributed by atoms with E-state index in [0.717, 1.165) is 12.8 Å². The molecule has 0 saturated heterocycles. The van der Waals surface area contributed by atoms with E-state index in [2.05, 4.69) is 12.2 Å². The summed E-state index contributed by atoms with van der Waals surface area (Å²) < 4.78 is 0. The molecule has 0 bridgehead atoms. The summed E-state index contributed by atoms with van der Waals surface area (Å²) in [5, 5.41) is 2.80. The summed E-state index contributed by atoms with van der Waals surface area (Å²) in [4.78, 5) is 11.6. The van der Waals surface area contributed by atoms with Crippen molar-refractivity contribution in [1.29, 1.82) is 0 Å². The van der Waals surface area contributed by atoms with Crippen molar-refractivity contribution in [1.82, 2.24) is 5.32 Å². The van der Waals surface area contributed by atoms with E-state index in [0.29, 0.717) is 23.5 Å². The molecule has 0 aliphatic rings. The second-order valence-corrected chi connectivity index (χ2v) is 3.46. The molecule has 1 aromatic rings. The van der Waals surface area contributed by atoms with Gasteiger partial charge in [0.25, 0.3) is 5.91 Å². The molecule has 0 spiro atoms. The zero-order chi connectivity index (χ0) is 11.3. The Morgan fingerprint density at radius 3 is 2.73 bits per heavy atom. The molecule has 0 aliphatic heterocycles. The second kappa shape index (κ2) is 5.24. The molecule has 0 heterocycles. The van der Waals surface area contributed by atoms with Gasteiger partial charge in [-0.1, -0.05) is 13.3 Å². The van der Waals surface area contributed by atoms with Crippen LogP contribution in [0.1, 0.15) is 30.1 Å². The van der Waals surface area contributed by atoms with Crippen molar-refractivity contribution < 1.29 is 4.79 Å². The summed E-state index contributed by atoms with van der Waals surface area (Å²) in [6.07, 6.45) is 2.03. The number of hydrogen-bond donors (Lipinski definition) is 3. The third-order valence-electron chi connectivity index (χ3n) is 2.14. The summed E-state index contributed by atoms with van der Waals surface area (Å²) in [7, 11) is 0. The van der Waals surface area contributed by atoms with Crippen LogP contribution in [-0.4, -0.2) is 12.5 Å². The molecule has 0 radical (unpaired) electrons. The van der Waals surface area contributed by atoms with E-state index >= 15 is 0 Å². The highest BCUT2D eigenvalue weighted by Crippen LogP contribution is 2.15. The first-order valence-corrected chi connectivity index (χ1v) is 5.08. The fraction of sp³-hybridized carbons (Fsp3) is 0.364. The predicted molar refractivity (Wildman–Crippen MR) is 62.5 cm³/mol. The van der Waals surface area contributed by atoms with E-state index in [9.17, 15) is 4.79 Å². The fourth-order valence-corrected chi connectivity index (χ4v) is 1.26. The molecule has 0 aliphatic carbocycles. The number of nitrogens with one attached hydrogen (secondary N) is 1. The average Bonchev–Trinajstić information content (AvgIpc) is 2.17. The highest BCUT2D eigenvalue weighted by Gasteiger charge is 2.08. The summed E-state index contributed by atoms with van der Waals surface area (Å²) in [5.41, 5.74) is 12.7. The largest absolute Gasteiger partial charge is 0.399 e. The van der Waals surface area contributed by atoms with Gasteiger partial charge >= 0.3 is 0 Å². The third kappa shape index (κ3) is 3.16. The van der Waals surface area contributed by atoms with Crippen LogP contribution in [0.5, 0.6) is 0 Å². The van der Waals surface area contributed by atoms with Crippen LogP contribution in [0, 0.1) is 0 Å². The summed E-state index contributed by atoms with van der Waals surface area (Å²) in [6, 6.07) is 4.91. The summed E-state index contributed by atoms with van der Waals surface area (Å²) >= 11 is 0. The van der Waals surface area contributed by atoms with Crippen LogP contribution in [0.4, 0.5) is 11.4 Å². The van der Waals surface area contributed by atoms with E-state index in [1.54, 1.807) is 18.2 Å². The Morgan fingerprint density at radius 1 is 1.40 bits per heavy atom. The highest BCUT2D eigenvalue weighted by molar-refractivity contribution is 5.99. The van der Waals surface area contributed by atoms with E-state index in [1.807, 2.05) is 0 Å². The number of carbonyl (C=O) groups excluding carboxylic acids is 1. The molecular formula is C11H17N3O. The maximum Gasteiger partial charge on any atom is 0.253 e. The van der Waals surface area contributed by atoms with Crippen molar-refractivity contribution in [3.63, 3.8) is 0 Å². The standard InChI is InChI=1S/C11H17N3O/c1-2-3-6-14-11(15)9-5-4-8(12)7-10(9)13/h4-5,7H,2-3,6,12-13H2,1H3,(H,14,15). The first-order valence-electron chi connectivity index (χ1n) is 5.08. The lowest BCUT2D eigenvalue weighted by atomic mass is 10.1. The van der Waals surface area contributed by atoms with Gasteiger partial charge in [0, 0.05) is 17.9 Å². The third-order valence-corrected chi connectivity index (χ3v) is 2.14. The SMILES string of the molecule is CCCCNC(=O)c1ccc(N)cc1N. The van der Waals surface area contributed by atoms with Crippen LogP contribution in [0.3, 0.4) is 0 Å². The number of carbonyl (C=O) groups is 1. The number of nitrogen functional groups attached to an aromatic ring is 2. The van der Waals surface area contributed by atoms with Gasteiger partial charge in [-0.05, 0) is 24.6 Å². The van der Waals surface area contributed by atoms with Crippen LogP contribution in [0.15, 0.2) is 18.2 Å². The van der Waals surface area contributed by atoms with Gasteiger partial charge in [-0.25, -0.2) is 0 Å². The van der Waals surface area contributed by atoms with Gasteiger partial charge in [0.2, 0.25) is 0 Å². The lowest BCUT2D eigenvalue weighted by Crippen LogP contribution is -2.25. The molecule has 82 valence electrons. The molecule has 5 N–H and O–H groups in total. The van der Waals surface area contributed by atoms with Gasteiger partial charge in [0.05, 0.1) is 5.56 Å². The monoisotopic (exact) mass is 207 g/mol. The fourth-order valence-electron chi connectivity index (χ4n) is 1.26. The van der Waals surface area contributed by atoms with Crippen LogP contribution in [0.25, 0.3) is 0 Å². The first kappa shape index (κ1) is 11.4. The molecule has 0 saturated carbocycles. The number of amides is 1.